The normalized spacial score (nSPS) is 9.94. The molecule has 0 spiro atoms. The lowest BCUT2D eigenvalue weighted by molar-refractivity contribution is 0.102. The molecule has 3 N–H and O–H groups in total. The van der Waals surface area contributed by atoms with Gasteiger partial charge in [0.15, 0.2) is 0 Å². The highest BCUT2D eigenvalue weighted by molar-refractivity contribution is 6.04. The van der Waals surface area contributed by atoms with Crippen LogP contribution < -0.4 is 11.1 Å². The van der Waals surface area contributed by atoms with E-state index in [1.165, 1.54) is 6.20 Å². The molecule has 0 atom stereocenters. The van der Waals surface area contributed by atoms with Gasteiger partial charge < -0.3 is 11.1 Å². The standard InChI is InChI=1S/C12H12N4O/c1-8-4-10(7-14-5-8)16-12(17)9-2-3-11(13)15-6-9/h2-7H,1H3,(H2,13,15)(H,16,17). The third-order valence-electron chi connectivity index (χ3n) is 2.18. The number of rotatable bonds is 2. The average Bonchev–Trinajstić information content (AvgIpc) is 2.29. The number of amides is 1. The van der Waals surface area contributed by atoms with Gasteiger partial charge in [0.2, 0.25) is 0 Å². The van der Waals surface area contributed by atoms with Crippen LogP contribution in [0, 0.1) is 6.92 Å². The Bertz CT molecular complexity index is 536. The predicted molar refractivity (Wildman–Crippen MR) is 65.6 cm³/mol. The number of aromatic nitrogens is 2. The van der Waals surface area contributed by atoms with Crippen LogP contribution in [0.1, 0.15) is 15.9 Å². The van der Waals surface area contributed by atoms with Gasteiger partial charge >= 0.3 is 0 Å². The van der Waals surface area contributed by atoms with Crippen LogP contribution in [0.25, 0.3) is 0 Å². The molecule has 0 aromatic carbocycles. The molecule has 0 aliphatic carbocycles. The van der Waals surface area contributed by atoms with Crippen molar-refractivity contribution < 1.29 is 4.79 Å². The second kappa shape index (κ2) is 4.61. The van der Waals surface area contributed by atoms with Crippen molar-refractivity contribution in [1.29, 1.82) is 0 Å². The molecule has 0 unspecified atom stereocenters. The van der Waals surface area contributed by atoms with Crippen LogP contribution in [0.4, 0.5) is 11.5 Å². The number of aryl methyl sites for hydroxylation is 1. The minimum atomic E-state index is -0.232. The average molecular weight is 228 g/mol. The van der Waals surface area contributed by atoms with E-state index in [1.54, 1.807) is 24.5 Å². The van der Waals surface area contributed by atoms with Crippen LogP contribution in [0.3, 0.4) is 0 Å². The molecule has 0 aliphatic rings. The van der Waals surface area contributed by atoms with Crippen LogP contribution >= 0.6 is 0 Å². The Hall–Kier alpha value is -2.43. The lowest BCUT2D eigenvalue weighted by atomic mass is 10.2. The number of nitrogens with one attached hydrogen (secondary N) is 1. The van der Waals surface area contributed by atoms with Crippen molar-refractivity contribution in [3.63, 3.8) is 0 Å². The number of pyridine rings is 2. The second-order valence-electron chi connectivity index (χ2n) is 3.68. The minimum Gasteiger partial charge on any atom is -0.384 e. The van der Waals surface area contributed by atoms with Crippen molar-refractivity contribution in [2.45, 2.75) is 6.92 Å². The van der Waals surface area contributed by atoms with Gasteiger partial charge in [-0.05, 0) is 30.7 Å². The van der Waals surface area contributed by atoms with Crippen LogP contribution in [0.5, 0.6) is 0 Å². The zero-order valence-corrected chi connectivity index (χ0v) is 9.34. The maximum atomic E-state index is 11.8. The molecule has 0 bridgehead atoms. The SMILES string of the molecule is Cc1cncc(NC(=O)c2ccc(N)nc2)c1. The number of carbonyl (C=O) groups is 1. The summed E-state index contributed by atoms with van der Waals surface area (Å²) in [6.07, 6.45) is 4.75. The van der Waals surface area contributed by atoms with Gasteiger partial charge in [0.25, 0.3) is 5.91 Å². The quantitative estimate of drug-likeness (QED) is 0.818. The second-order valence-corrected chi connectivity index (χ2v) is 3.68. The summed E-state index contributed by atoms with van der Waals surface area (Å²) in [6.45, 7) is 1.91. The van der Waals surface area contributed by atoms with Crippen molar-refractivity contribution >= 4 is 17.4 Å². The van der Waals surface area contributed by atoms with Crippen molar-refractivity contribution in [3.8, 4) is 0 Å². The van der Waals surface area contributed by atoms with Gasteiger partial charge in [-0.15, -0.1) is 0 Å². The zero-order valence-electron chi connectivity index (χ0n) is 9.34. The lowest BCUT2D eigenvalue weighted by Gasteiger charge is -2.05. The van der Waals surface area contributed by atoms with Gasteiger partial charge in [-0.3, -0.25) is 9.78 Å². The van der Waals surface area contributed by atoms with Crippen LogP contribution in [-0.4, -0.2) is 15.9 Å². The Kier molecular flexibility index (Phi) is 3.00. The summed E-state index contributed by atoms with van der Waals surface area (Å²) in [6, 6.07) is 5.06. The first-order valence-electron chi connectivity index (χ1n) is 5.10. The fourth-order valence-corrected chi connectivity index (χ4v) is 1.37. The maximum Gasteiger partial charge on any atom is 0.257 e. The summed E-state index contributed by atoms with van der Waals surface area (Å²) in [5, 5.41) is 2.74. The minimum absolute atomic E-state index is 0.232. The molecule has 5 heteroatoms. The van der Waals surface area contributed by atoms with Gasteiger partial charge in [0.1, 0.15) is 5.82 Å². The number of nitrogens with zero attached hydrogens (tertiary/aromatic N) is 2. The van der Waals surface area contributed by atoms with E-state index in [1.807, 2.05) is 13.0 Å². The molecule has 0 saturated heterocycles. The molecule has 2 aromatic rings. The number of hydrogen-bond donors (Lipinski definition) is 2. The highest BCUT2D eigenvalue weighted by Crippen LogP contribution is 2.09. The number of anilines is 2. The van der Waals surface area contributed by atoms with Gasteiger partial charge in [-0.1, -0.05) is 0 Å². The Labute approximate surface area is 98.7 Å². The van der Waals surface area contributed by atoms with E-state index in [0.29, 0.717) is 17.1 Å². The van der Waals surface area contributed by atoms with E-state index in [-0.39, 0.29) is 5.91 Å². The molecule has 2 rings (SSSR count). The Morgan fingerprint density at radius 2 is 2.12 bits per heavy atom. The molecule has 17 heavy (non-hydrogen) atoms. The Morgan fingerprint density at radius 3 is 2.76 bits per heavy atom. The predicted octanol–water partition coefficient (Wildman–Crippen LogP) is 1.62. The van der Waals surface area contributed by atoms with Crippen molar-refractivity contribution in [3.05, 3.63) is 47.9 Å². The fourth-order valence-electron chi connectivity index (χ4n) is 1.37. The van der Waals surface area contributed by atoms with Crippen molar-refractivity contribution in [1.82, 2.24) is 9.97 Å². The third-order valence-corrected chi connectivity index (χ3v) is 2.18. The van der Waals surface area contributed by atoms with Gasteiger partial charge in [0.05, 0.1) is 17.4 Å². The smallest absolute Gasteiger partial charge is 0.257 e. The van der Waals surface area contributed by atoms with Gasteiger partial charge in [-0.25, -0.2) is 4.98 Å². The van der Waals surface area contributed by atoms with Crippen LogP contribution in [0.2, 0.25) is 0 Å². The first-order valence-corrected chi connectivity index (χ1v) is 5.10. The number of carbonyl (C=O) groups excluding carboxylic acids is 1. The van der Waals surface area contributed by atoms with E-state index in [2.05, 4.69) is 15.3 Å². The molecule has 2 heterocycles. The van der Waals surface area contributed by atoms with Gasteiger partial charge in [-0.2, -0.15) is 0 Å². The molecule has 5 nitrogen and oxygen atoms in total. The largest absolute Gasteiger partial charge is 0.384 e. The Balaban J connectivity index is 2.14. The molecular formula is C12H12N4O. The van der Waals surface area contributed by atoms with E-state index in [4.69, 9.17) is 5.73 Å². The number of nitrogens with two attached hydrogens (primary N) is 1. The Morgan fingerprint density at radius 1 is 1.29 bits per heavy atom. The fraction of sp³-hybridized carbons (Fsp3) is 0.0833. The highest BCUT2D eigenvalue weighted by atomic mass is 16.1. The van der Waals surface area contributed by atoms with E-state index < -0.39 is 0 Å². The summed E-state index contributed by atoms with van der Waals surface area (Å²) >= 11 is 0. The van der Waals surface area contributed by atoms with Crippen molar-refractivity contribution in [2.24, 2.45) is 0 Å². The highest BCUT2D eigenvalue weighted by Gasteiger charge is 2.06. The molecule has 86 valence electrons. The topological polar surface area (TPSA) is 80.9 Å². The van der Waals surface area contributed by atoms with E-state index >= 15 is 0 Å². The molecule has 2 aromatic heterocycles. The third kappa shape index (κ3) is 2.78. The van der Waals surface area contributed by atoms with Gasteiger partial charge in [0, 0.05) is 12.4 Å². The van der Waals surface area contributed by atoms with Crippen molar-refractivity contribution in [2.75, 3.05) is 11.1 Å². The summed E-state index contributed by atoms with van der Waals surface area (Å²) in [5.74, 6) is 0.156. The summed E-state index contributed by atoms with van der Waals surface area (Å²) in [5.41, 5.74) is 7.55. The summed E-state index contributed by atoms with van der Waals surface area (Å²) in [7, 11) is 0. The number of hydrogen-bond acceptors (Lipinski definition) is 4. The first kappa shape index (κ1) is 11.1. The molecular weight excluding hydrogens is 216 g/mol. The van der Waals surface area contributed by atoms with Crippen LogP contribution in [0.15, 0.2) is 36.8 Å². The zero-order chi connectivity index (χ0) is 12.3. The molecule has 0 fully saturated rings. The summed E-state index contributed by atoms with van der Waals surface area (Å²) < 4.78 is 0. The van der Waals surface area contributed by atoms with E-state index in [9.17, 15) is 4.79 Å². The molecule has 0 aliphatic heterocycles. The summed E-state index contributed by atoms with van der Waals surface area (Å²) in [4.78, 5) is 19.7. The lowest BCUT2D eigenvalue weighted by Crippen LogP contribution is -2.12. The first-order chi connectivity index (χ1) is 8.15. The van der Waals surface area contributed by atoms with E-state index in [0.717, 1.165) is 5.56 Å². The molecule has 0 radical (unpaired) electrons. The molecule has 0 saturated carbocycles. The number of nitrogen functional groups attached to an aromatic ring is 1. The monoisotopic (exact) mass is 228 g/mol. The molecule has 1 amide bonds. The maximum absolute atomic E-state index is 11.8. The van der Waals surface area contributed by atoms with Crippen LogP contribution in [-0.2, 0) is 0 Å².